The second kappa shape index (κ2) is 15.3. The Kier molecular flexibility index (Phi) is 12.4. The van der Waals surface area contributed by atoms with E-state index in [9.17, 15) is 29.5 Å². The summed E-state index contributed by atoms with van der Waals surface area (Å²) in [6.45, 7) is 9.54. The maximum Gasteiger partial charge on any atom is 0.408 e. The number of amides is 3. The number of benzene rings is 2. The van der Waals surface area contributed by atoms with E-state index in [0.717, 1.165) is 10.5 Å². The van der Waals surface area contributed by atoms with Gasteiger partial charge < -0.3 is 30.1 Å². The molecule has 2 rings (SSSR count). The van der Waals surface area contributed by atoms with E-state index in [-0.39, 0.29) is 23.5 Å². The van der Waals surface area contributed by atoms with Gasteiger partial charge in [0.2, 0.25) is 11.8 Å². The monoisotopic (exact) mass is 612 g/mol. The molecule has 232 valence electrons. The standard InChI is InChI=1S/C31H40N4O7S/c1-30(2,3)41-28(39)23(18-20-10-8-7-9-11-20)33-26(37)25(21-12-14-22(36)15-13-21)35(17-16-32)27(38)24(19-43)34-29(40)42-31(4,5)6/h7-15,23-25,36,43H,17-19H2,1-6H3,(H,33,37)(H,34,40). The number of carbonyl (C=O) groups is 4. The fraction of sp³-hybridized carbons (Fsp3) is 0.452. The largest absolute Gasteiger partial charge is 0.508 e. The van der Waals surface area contributed by atoms with Gasteiger partial charge in [-0.15, -0.1) is 0 Å². The Morgan fingerprint density at radius 1 is 0.907 bits per heavy atom. The molecule has 3 N–H and O–H groups in total. The molecule has 3 unspecified atom stereocenters. The van der Waals surface area contributed by atoms with Crippen LogP contribution in [0.1, 0.15) is 58.7 Å². The molecule has 0 aliphatic rings. The highest BCUT2D eigenvalue weighted by Crippen LogP contribution is 2.25. The summed E-state index contributed by atoms with van der Waals surface area (Å²) in [4.78, 5) is 54.5. The maximum atomic E-state index is 14.0. The first-order chi connectivity index (χ1) is 20.0. The molecule has 12 heteroatoms. The Morgan fingerprint density at radius 2 is 1.49 bits per heavy atom. The fourth-order valence-electron chi connectivity index (χ4n) is 4.00. The number of hydrogen-bond acceptors (Lipinski definition) is 9. The topological polar surface area (TPSA) is 158 Å². The van der Waals surface area contributed by atoms with Crippen LogP contribution < -0.4 is 10.6 Å². The number of phenolic OH excluding ortho intramolecular Hbond substituents is 1. The Bertz CT molecular complexity index is 1300. The molecular formula is C31H40N4O7S. The van der Waals surface area contributed by atoms with Crippen LogP contribution >= 0.6 is 12.6 Å². The zero-order chi connectivity index (χ0) is 32.4. The van der Waals surface area contributed by atoms with Gasteiger partial charge in [0.1, 0.15) is 41.6 Å². The normalized spacial score (nSPS) is 13.4. The van der Waals surface area contributed by atoms with E-state index in [1.165, 1.54) is 24.3 Å². The number of carbonyl (C=O) groups excluding carboxylic acids is 4. The first-order valence-corrected chi connectivity index (χ1v) is 14.3. The molecule has 0 radical (unpaired) electrons. The predicted octanol–water partition coefficient (Wildman–Crippen LogP) is 3.68. The van der Waals surface area contributed by atoms with Gasteiger partial charge in [0.05, 0.1) is 6.07 Å². The second-order valence-electron chi connectivity index (χ2n) is 11.8. The van der Waals surface area contributed by atoms with Crippen molar-refractivity contribution in [2.45, 2.75) is 77.3 Å². The number of phenols is 1. The summed E-state index contributed by atoms with van der Waals surface area (Å²) >= 11 is 4.21. The number of nitrogens with one attached hydrogen (secondary N) is 2. The van der Waals surface area contributed by atoms with Crippen molar-refractivity contribution >= 4 is 36.5 Å². The second-order valence-corrected chi connectivity index (χ2v) is 12.1. The number of alkyl carbamates (subject to hydrolysis) is 1. The van der Waals surface area contributed by atoms with E-state index in [1.54, 1.807) is 65.8 Å². The summed E-state index contributed by atoms with van der Waals surface area (Å²) in [5.74, 6) is -2.51. The van der Waals surface area contributed by atoms with E-state index in [1.807, 2.05) is 12.1 Å². The van der Waals surface area contributed by atoms with Crippen LogP contribution in [0.2, 0.25) is 0 Å². The lowest BCUT2D eigenvalue weighted by atomic mass is 10.0. The average Bonchev–Trinajstić information content (AvgIpc) is 2.90. The molecule has 11 nitrogen and oxygen atoms in total. The Balaban J connectivity index is 2.52. The van der Waals surface area contributed by atoms with Crippen molar-refractivity contribution < 1.29 is 33.8 Å². The van der Waals surface area contributed by atoms with E-state index in [2.05, 4.69) is 23.3 Å². The molecule has 0 spiro atoms. The maximum absolute atomic E-state index is 14.0. The SMILES string of the molecule is CC(C)(C)OC(=O)NC(CS)C(=O)N(CC#N)C(C(=O)NC(Cc1ccccc1)C(=O)OC(C)(C)C)c1ccc(O)cc1. The van der Waals surface area contributed by atoms with Gasteiger partial charge in [-0.1, -0.05) is 42.5 Å². The summed E-state index contributed by atoms with van der Waals surface area (Å²) in [7, 11) is 0. The highest BCUT2D eigenvalue weighted by atomic mass is 32.1. The van der Waals surface area contributed by atoms with Crippen molar-refractivity contribution in [3.8, 4) is 11.8 Å². The third-order valence-electron chi connectivity index (χ3n) is 5.76. The van der Waals surface area contributed by atoms with Crippen LogP contribution in [0.4, 0.5) is 4.79 Å². The quantitative estimate of drug-likeness (QED) is 0.170. The average molecular weight is 613 g/mol. The van der Waals surface area contributed by atoms with Crippen LogP contribution in [0.25, 0.3) is 0 Å². The molecule has 2 aromatic carbocycles. The summed E-state index contributed by atoms with van der Waals surface area (Å²) in [6.07, 6.45) is -0.787. The van der Waals surface area contributed by atoms with Crippen LogP contribution in [0.5, 0.6) is 5.75 Å². The molecule has 0 aliphatic heterocycles. The van der Waals surface area contributed by atoms with E-state index >= 15 is 0 Å². The van der Waals surface area contributed by atoms with E-state index in [0.29, 0.717) is 0 Å². The number of esters is 1. The van der Waals surface area contributed by atoms with Gasteiger partial charge in [-0.25, -0.2) is 9.59 Å². The van der Waals surface area contributed by atoms with Crippen molar-refractivity contribution in [1.29, 1.82) is 5.26 Å². The fourth-order valence-corrected chi connectivity index (χ4v) is 4.25. The minimum Gasteiger partial charge on any atom is -0.508 e. The molecule has 0 saturated heterocycles. The van der Waals surface area contributed by atoms with Crippen molar-refractivity contribution in [2.24, 2.45) is 0 Å². The smallest absolute Gasteiger partial charge is 0.408 e. The van der Waals surface area contributed by atoms with Crippen LogP contribution in [-0.4, -0.2) is 69.5 Å². The van der Waals surface area contributed by atoms with Gasteiger partial charge in [-0.2, -0.15) is 17.9 Å². The third kappa shape index (κ3) is 11.5. The first-order valence-electron chi connectivity index (χ1n) is 13.7. The zero-order valence-electron chi connectivity index (χ0n) is 25.3. The van der Waals surface area contributed by atoms with E-state index < -0.39 is 59.7 Å². The molecule has 0 heterocycles. The Labute approximate surface area is 257 Å². The number of nitrogens with zero attached hydrogens (tertiary/aromatic N) is 2. The molecule has 0 saturated carbocycles. The van der Waals surface area contributed by atoms with Crippen LogP contribution in [0.15, 0.2) is 54.6 Å². The lowest BCUT2D eigenvalue weighted by Gasteiger charge is -2.33. The molecular weight excluding hydrogens is 572 g/mol. The van der Waals surface area contributed by atoms with Crippen molar-refractivity contribution in [1.82, 2.24) is 15.5 Å². The minimum absolute atomic E-state index is 0.0865. The molecule has 0 aliphatic carbocycles. The molecule has 0 fully saturated rings. The van der Waals surface area contributed by atoms with Crippen molar-refractivity contribution in [3.63, 3.8) is 0 Å². The van der Waals surface area contributed by atoms with Gasteiger partial charge in [-0.05, 0) is 64.8 Å². The molecule has 3 amide bonds. The molecule has 0 aromatic heterocycles. The summed E-state index contributed by atoms with van der Waals surface area (Å²) < 4.78 is 10.8. The van der Waals surface area contributed by atoms with Crippen molar-refractivity contribution in [2.75, 3.05) is 12.3 Å². The lowest BCUT2D eigenvalue weighted by molar-refractivity contribution is -0.159. The third-order valence-corrected chi connectivity index (χ3v) is 6.12. The summed E-state index contributed by atoms with van der Waals surface area (Å²) in [5.41, 5.74) is -0.689. The van der Waals surface area contributed by atoms with Crippen LogP contribution in [0.3, 0.4) is 0 Å². The number of nitriles is 1. The highest BCUT2D eigenvalue weighted by Gasteiger charge is 2.38. The van der Waals surface area contributed by atoms with E-state index in [4.69, 9.17) is 9.47 Å². The van der Waals surface area contributed by atoms with Gasteiger partial charge in [0.25, 0.3) is 0 Å². The number of thiol groups is 1. The summed E-state index contributed by atoms with van der Waals surface area (Å²) in [5, 5.41) is 24.7. The van der Waals surface area contributed by atoms with Gasteiger partial charge in [0, 0.05) is 12.2 Å². The summed E-state index contributed by atoms with van der Waals surface area (Å²) in [6, 6.07) is 12.6. The molecule has 43 heavy (non-hydrogen) atoms. The Hall–Kier alpha value is -4.24. The van der Waals surface area contributed by atoms with Gasteiger partial charge in [0.15, 0.2) is 0 Å². The van der Waals surface area contributed by atoms with Crippen molar-refractivity contribution in [3.05, 3.63) is 65.7 Å². The Morgan fingerprint density at radius 3 is 2.00 bits per heavy atom. The first kappa shape index (κ1) is 35.0. The number of hydrogen-bond donors (Lipinski definition) is 4. The molecule has 0 bridgehead atoms. The molecule has 3 atom stereocenters. The lowest BCUT2D eigenvalue weighted by Crippen LogP contribution is -2.55. The number of ether oxygens (including phenoxy) is 2. The van der Waals surface area contributed by atoms with Crippen LogP contribution in [0, 0.1) is 11.3 Å². The minimum atomic E-state index is -1.43. The molecule has 2 aromatic rings. The zero-order valence-corrected chi connectivity index (χ0v) is 26.2. The van der Waals surface area contributed by atoms with Gasteiger partial charge >= 0.3 is 12.1 Å². The highest BCUT2D eigenvalue weighted by molar-refractivity contribution is 7.80. The number of rotatable bonds is 11. The predicted molar refractivity (Wildman–Crippen MR) is 163 cm³/mol. The van der Waals surface area contributed by atoms with Gasteiger partial charge in [-0.3, -0.25) is 9.59 Å². The van der Waals surface area contributed by atoms with Crippen LogP contribution in [-0.2, 0) is 30.3 Å². The number of aromatic hydroxyl groups is 1.